The van der Waals surface area contributed by atoms with Gasteiger partial charge in [0.05, 0.1) is 17.1 Å². The monoisotopic (exact) mass is 914 g/mol. The second-order valence-corrected chi connectivity index (χ2v) is 17.7. The molecule has 0 aliphatic rings. The molecule has 0 aliphatic carbocycles. The molecule has 0 N–H and O–H groups in total. The summed E-state index contributed by atoms with van der Waals surface area (Å²) >= 11 is 0. The van der Waals surface area contributed by atoms with Crippen molar-refractivity contribution in [1.29, 1.82) is 0 Å². The average molecular weight is 915 g/mol. The van der Waals surface area contributed by atoms with E-state index in [2.05, 4.69) is 300 Å². The SMILES string of the molecule is C=C/C(=C\CCC)N(c1ccc(N(c2ccc(N(c3ccccc3)c3cccc4ccccc34)cc2)c2ccc(N(c3ccccc3)c3cccc4ccccc34)cc2)cc1)c1cccc2ccccc12. The Labute approximate surface area is 417 Å². The molecule has 4 nitrogen and oxygen atoms in total. The first-order chi connectivity index (χ1) is 35.2. The van der Waals surface area contributed by atoms with E-state index in [1.54, 1.807) is 0 Å². The lowest BCUT2D eigenvalue weighted by molar-refractivity contribution is 0.947. The zero-order valence-electron chi connectivity index (χ0n) is 39.9. The molecule has 0 aliphatic heterocycles. The van der Waals surface area contributed by atoms with Crippen molar-refractivity contribution in [2.75, 3.05) is 19.6 Å². The van der Waals surface area contributed by atoms with Crippen molar-refractivity contribution in [3.05, 3.63) is 285 Å². The topological polar surface area (TPSA) is 13.0 Å². The number of benzene rings is 11. The molecule has 11 aromatic carbocycles. The van der Waals surface area contributed by atoms with Crippen LogP contribution in [0.5, 0.6) is 0 Å². The summed E-state index contributed by atoms with van der Waals surface area (Å²) in [6.07, 6.45) is 6.27. The zero-order chi connectivity index (χ0) is 47.9. The van der Waals surface area contributed by atoms with E-state index in [9.17, 15) is 0 Å². The first-order valence-corrected chi connectivity index (χ1v) is 24.5. The molecule has 0 unspecified atom stereocenters. The normalized spacial score (nSPS) is 11.4. The highest BCUT2D eigenvalue weighted by molar-refractivity contribution is 6.01. The van der Waals surface area contributed by atoms with Crippen LogP contribution in [0.15, 0.2) is 285 Å². The summed E-state index contributed by atoms with van der Waals surface area (Å²) < 4.78 is 0. The number of anilines is 11. The smallest absolute Gasteiger partial charge is 0.0540 e. The number of hydrogen-bond donors (Lipinski definition) is 0. The minimum atomic E-state index is 0.949. The maximum atomic E-state index is 4.31. The Morgan fingerprint density at radius 2 is 0.634 bits per heavy atom. The maximum Gasteiger partial charge on any atom is 0.0540 e. The molecular formula is C67H54N4. The Balaban J connectivity index is 1.04. The Morgan fingerprint density at radius 3 is 1.03 bits per heavy atom. The third-order valence-corrected chi connectivity index (χ3v) is 13.3. The molecule has 0 saturated carbocycles. The maximum absolute atomic E-state index is 4.31. The molecule has 0 spiro atoms. The first kappa shape index (κ1) is 44.4. The molecule has 0 bridgehead atoms. The number of hydrogen-bond acceptors (Lipinski definition) is 4. The fourth-order valence-electron chi connectivity index (χ4n) is 9.90. The van der Waals surface area contributed by atoms with Crippen LogP contribution < -0.4 is 19.6 Å². The van der Waals surface area contributed by atoms with Crippen LogP contribution in [-0.2, 0) is 0 Å². The fourth-order valence-corrected chi connectivity index (χ4v) is 9.90. The van der Waals surface area contributed by atoms with Crippen molar-refractivity contribution in [3.8, 4) is 0 Å². The van der Waals surface area contributed by atoms with Crippen molar-refractivity contribution >= 4 is 94.9 Å². The van der Waals surface area contributed by atoms with Crippen LogP contribution in [0.4, 0.5) is 62.6 Å². The van der Waals surface area contributed by atoms with Gasteiger partial charge in [-0.3, -0.25) is 0 Å². The van der Waals surface area contributed by atoms with Gasteiger partial charge in [-0.05, 0) is 144 Å². The lowest BCUT2D eigenvalue weighted by Crippen LogP contribution is -2.16. The third-order valence-electron chi connectivity index (χ3n) is 13.3. The molecule has 0 atom stereocenters. The highest BCUT2D eigenvalue weighted by Gasteiger charge is 2.21. The Kier molecular flexibility index (Phi) is 12.6. The standard InChI is InChI=1S/C67H54N4/c1-3-5-27-53(4-2)69(65-35-18-24-50-21-12-15-32-62(50)65)59-44-38-56(39-45-59)68(57-40-46-60(47-41-57)70(54-28-8-6-9-29-54)66-36-19-25-51-22-13-16-33-63(51)66)58-42-48-61(49-43-58)71(55-30-10-7-11-31-55)67-37-20-26-52-23-14-17-34-64(52)67/h4,6-49H,2-3,5H2,1H3/b53-27+. The van der Waals surface area contributed by atoms with Gasteiger partial charge in [0.1, 0.15) is 0 Å². The number of nitrogens with zero attached hydrogens (tertiary/aromatic N) is 4. The summed E-state index contributed by atoms with van der Waals surface area (Å²) in [7, 11) is 0. The Morgan fingerprint density at radius 1 is 0.324 bits per heavy atom. The van der Waals surface area contributed by atoms with E-state index in [0.29, 0.717) is 0 Å². The second kappa shape index (κ2) is 20.2. The van der Waals surface area contributed by atoms with Crippen molar-refractivity contribution < 1.29 is 0 Å². The average Bonchev–Trinajstić information content (AvgIpc) is 3.44. The first-order valence-electron chi connectivity index (χ1n) is 24.5. The van der Waals surface area contributed by atoms with Gasteiger partial charge in [0.25, 0.3) is 0 Å². The summed E-state index contributed by atoms with van der Waals surface area (Å²) in [6.45, 7) is 6.53. The second-order valence-electron chi connectivity index (χ2n) is 17.7. The van der Waals surface area contributed by atoms with E-state index in [4.69, 9.17) is 0 Å². The van der Waals surface area contributed by atoms with Gasteiger partial charge in [0, 0.05) is 67.4 Å². The molecule has 4 heteroatoms. The largest absolute Gasteiger partial charge is 0.310 e. The van der Waals surface area contributed by atoms with Crippen LogP contribution in [0.3, 0.4) is 0 Å². The van der Waals surface area contributed by atoms with E-state index < -0.39 is 0 Å². The summed E-state index contributed by atoms with van der Waals surface area (Å²) in [5.74, 6) is 0. The van der Waals surface area contributed by atoms with Crippen LogP contribution in [-0.4, -0.2) is 0 Å². The van der Waals surface area contributed by atoms with Gasteiger partial charge in [-0.25, -0.2) is 0 Å². The molecule has 0 saturated heterocycles. The van der Waals surface area contributed by atoms with Gasteiger partial charge in [-0.1, -0.05) is 172 Å². The predicted octanol–water partition coefficient (Wildman–Crippen LogP) is 19.6. The van der Waals surface area contributed by atoms with Crippen molar-refractivity contribution in [2.45, 2.75) is 19.8 Å². The van der Waals surface area contributed by atoms with Crippen molar-refractivity contribution in [1.82, 2.24) is 0 Å². The molecule has 11 aromatic rings. The highest BCUT2D eigenvalue weighted by atomic mass is 15.2. The van der Waals surface area contributed by atoms with Gasteiger partial charge in [0.2, 0.25) is 0 Å². The molecule has 342 valence electrons. The number of para-hydroxylation sites is 2. The zero-order valence-corrected chi connectivity index (χ0v) is 39.9. The van der Waals surface area contributed by atoms with Crippen LogP contribution in [0.1, 0.15) is 19.8 Å². The quantitative estimate of drug-likeness (QED) is 0.0950. The predicted molar refractivity (Wildman–Crippen MR) is 305 cm³/mol. The Bertz CT molecular complexity index is 3440. The lowest BCUT2D eigenvalue weighted by Gasteiger charge is -2.31. The number of allylic oxidation sites excluding steroid dienone is 2. The molecule has 0 amide bonds. The van der Waals surface area contributed by atoms with E-state index >= 15 is 0 Å². The summed E-state index contributed by atoms with van der Waals surface area (Å²) in [5, 5.41) is 7.17. The van der Waals surface area contributed by atoms with Crippen molar-refractivity contribution in [3.63, 3.8) is 0 Å². The Hall–Kier alpha value is -9.12. The molecule has 0 aromatic heterocycles. The summed E-state index contributed by atoms with van der Waals surface area (Å²) in [5.41, 5.74) is 12.9. The lowest BCUT2D eigenvalue weighted by atomic mass is 10.1. The van der Waals surface area contributed by atoms with E-state index in [0.717, 1.165) is 81.1 Å². The molecule has 71 heavy (non-hydrogen) atoms. The van der Waals surface area contributed by atoms with Gasteiger partial charge in [-0.2, -0.15) is 0 Å². The molecule has 0 radical (unpaired) electrons. The van der Waals surface area contributed by atoms with E-state index in [-0.39, 0.29) is 0 Å². The third kappa shape index (κ3) is 8.91. The van der Waals surface area contributed by atoms with Gasteiger partial charge in [0.15, 0.2) is 0 Å². The minimum Gasteiger partial charge on any atom is -0.310 e. The van der Waals surface area contributed by atoms with Gasteiger partial charge in [-0.15, -0.1) is 0 Å². The van der Waals surface area contributed by atoms with Crippen molar-refractivity contribution in [2.24, 2.45) is 0 Å². The van der Waals surface area contributed by atoms with E-state index in [1.807, 2.05) is 6.08 Å². The van der Waals surface area contributed by atoms with E-state index in [1.165, 1.54) is 32.3 Å². The number of fused-ring (bicyclic) bond motifs is 3. The van der Waals surface area contributed by atoms with Gasteiger partial charge < -0.3 is 19.6 Å². The van der Waals surface area contributed by atoms with Crippen LogP contribution in [0, 0.1) is 0 Å². The van der Waals surface area contributed by atoms with Crippen LogP contribution >= 0.6 is 0 Å². The summed E-state index contributed by atoms with van der Waals surface area (Å²) in [6, 6.07) is 93.7. The van der Waals surface area contributed by atoms with Crippen LogP contribution in [0.2, 0.25) is 0 Å². The molecular weight excluding hydrogens is 861 g/mol. The molecule has 0 fully saturated rings. The highest BCUT2D eigenvalue weighted by Crippen LogP contribution is 2.45. The fraction of sp³-hybridized carbons (Fsp3) is 0.0448. The molecule has 11 rings (SSSR count). The minimum absolute atomic E-state index is 0.949. The molecule has 0 heterocycles. The number of rotatable bonds is 15. The van der Waals surface area contributed by atoms with Crippen LogP contribution in [0.25, 0.3) is 32.3 Å². The summed E-state index contributed by atoms with van der Waals surface area (Å²) in [4.78, 5) is 9.42. The van der Waals surface area contributed by atoms with Gasteiger partial charge >= 0.3 is 0 Å². The number of unbranched alkanes of at least 4 members (excludes halogenated alkanes) is 1.